The zero-order valence-electron chi connectivity index (χ0n) is 13.6. The fourth-order valence-corrected chi connectivity index (χ4v) is 3.88. The first-order chi connectivity index (χ1) is 12.7. The van der Waals surface area contributed by atoms with Crippen LogP contribution in [0.5, 0.6) is 5.75 Å². The van der Waals surface area contributed by atoms with Crippen molar-refractivity contribution in [3.8, 4) is 17.0 Å². The molecule has 0 saturated heterocycles. The molecule has 0 unspecified atom stereocenters. The van der Waals surface area contributed by atoms with Crippen molar-refractivity contribution in [3.05, 3.63) is 63.9 Å². The SMILES string of the molecule is COc1ccccc1-c1csc2nc(NC(=O)c3ccccc3Br)nn12. The van der Waals surface area contributed by atoms with Gasteiger partial charge < -0.3 is 4.74 Å². The minimum Gasteiger partial charge on any atom is -0.496 e. The Kier molecular flexibility index (Phi) is 4.44. The van der Waals surface area contributed by atoms with Gasteiger partial charge in [0.05, 0.1) is 18.4 Å². The average molecular weight is 429 g/mol. The molecule has 8 heteroatoms. The molecule has 1 N–H and O–H groups in total. The Morgan fingerprint density at radius 1 is 1.19 bits per heavy atom. The number of hydrogen-bond donors (Lipinski definition) is 1. The maximum atomic E-state index is 12.4. The zero-order valence-corrected chi connectivity index (χ0v) is 16.0. The third-order valence-electron chi connectivity index (χ3n) is 3.81. The molecule has 26 heavy (non-hydrogen) atoms. The van der Waals surface area contributed by atoms with Crippen LogP contribution in [0.15, 0.2) is 58.4 Å². The van der Waals surface area contributed by atoms with E-state index >= 15 is 0 Å². The van der Waals surface area contributed by atoms with Gasteiger partial charge in [0.25, 0.3) is 11.9 Å². The summed E-state index contributed by atoms with van der Waals surface area (Å²) in [4.78, 5) is 17.5. The van der Waals surface area contributed by atoms with Crippen LogP contribution in [0.25, 0.3) is 16.2 Å². The van der Waals surface area contributed by atoms with Gasteiger partial charge in [0, 0.05) is 15.4 Å². The summed E-state index contributed by atoms with van der Waals surface area (Å²) in [6, 6.07) is 14.9. The maximum absolute atomic E-state index is 12.4. The Labute approximate surface area is 161 Å². The van der Waals surface area contributed by atoms with Crippen LogP contribution >= 0.6 is 27.3 Å². The van der Waals surface area contributed by atoms with Crippen molar-refractivity contribution in [2.75, 3.05) is 12.4 Å². The molecule has 2 aromatic heterocycles. The lowest BCUT2D eigenvalue weighted by Gasteiger charge is -2.06. The summed E-state index contributed by atoms with van der Waals surface area (Å²) >= 11 is 4.82. The van der Waals surface area contributed by atoms with Crippen molar-refractivity contribution in [1.29, 1.82) is 0 Å². The van der Waals surface area contributed by atoms with Gasteiger partial charge in [-0.15, -0.1) is 16.4 Å². The molecule has 0 atom stereocenters. The van der Waals surface area contributed by atoms with E-state index in [0.717, 1.165) is 17.0 Å². The number of rotatable bonds is 4. The summed E-state index contributed by atoms with van der Waals surface area (Å²) < 4.78 is 7.85. The second-order valence-corrected chi connectivity index (χ2v) is 7.08. The van der Waals surface area contributed by atoms with E-state index in [9.17, 15) is 4.79 Å². The molecule has 0 fully saturated rings. The smallest absolute Gasteiger partial charge is 0.259 e. The number of hydrogen-bond acceptors (Lipinski definition) is 5. The molecular weight excluding hydrogens is 416 g/mol. The predicted octanol–water partition coefficient (Wildman–Crippen LogP) is 4.48. The number of nitrogens with one attached hydrogen (secondary N) is 1. The number of nitrogens with zero attached hydrogens (tertiary/aromatic N) is 3. The molecule has 2 heterocycles. The van der Waals surface area contributed by atoms with Crippen molar-refractivity contribution in [3.63, 3.8) is 0 Å². The molecule has 0 bridgehead atoms. The molecule has 1 amide bonds. The first kappa shape index (κ1) is 16.7. The highest BCUT2D eigenvalue weighted by atomic mass is 79.9. The van der Waals surface area contributed by atoms with Crippen LogP contribution in [0.1, 0.15) is 10.4 Å². The van der Waals surface area contributed by atoms with Crippen molar-refractivity contribution in [2.45, 2.75) is 0 Å². The molecular formula is C18H13BrN4O2S. The van der Waals surface area contributed by atoms with Gasteiger partial charge in [-0.1, -0.05) is 24.3 Å². The van der Waals surface area contributed by atoms with Gasteiger partial charge in [0.1, 0.15) is 5.75 Å². The summed E-state index contributed by atoms with van der Waals surface area (Å²) in [5, 5.41) is 9.14. The van der Waals surface area contributed by atoms with Crippen LogP contribution in [0.3, 0.4) is 0 Å². The molecule has 0 aliphatic carbocycles. The number of anilines is 1. The Balaban J connectivity index is 1.68. The second kappa shape index (κ2) is 6.89. The molecule has 130 valence electrons. The zero-order chi connectivity index (χ0) is 18.1. The topological polar surface area (TPSA) is 68.5 Å². The van der Waals surface area contributed by atoms with Crippen LogP contribution in [0.4, 0.5) is 5.95 Å². The third kappa shape index (κ3) is 2.97. The number of ether oxygens (including phenoxy) is 1. The first-order valence-corrected chi connectivity index (χ1v) is 9.38. The second-order valence-electron chi connectivity index (χ2n) is 5.38. The minimum absolute atomic E-state index is 0.258. The summed E-state index contributed by atoms with van der Waals surface area (Å²) in [6.07, 6.45) is 0. The van der Waals surface area contributed by atoms with Crippen molar-refractivity contribution < 1.29 is 9.53 Å². The summed E-state index contributed by atoms with van der Waals surface area (Å²) in [7, 11) is 1.63. The molecule has 0 radical (unpaired) electrons. The number of fused-ring (bicyclic) bond motifs is 1. The molecule has 6 nitrogen and oxygen atoms in total. The number of aromatic nitrogens is 3. The molecule has 4 rings (SSSR count). The van der Waals surface area contributed by atoms with E-state index in [1.165, 1.54) is 11.3 Å². The van der Waals surface area contributed by atoms with E-state index in [0.29, 0.717) is 15.0 Å². The monoisotopic (exact) mass is 428 g/mol. The Bertz CT molecular complexity index is 1110. The van der Waals surface area contributed by atoms with Crippen LogP contribution in [-0.4, -0.2) is 27.6 Å². The summed E-state index contributed by atoms with van der Waals surface area (Å²) in [5.41, 5.74) is 2.29. The van der Waals surface area contributed by atoms with Crippen molar-refractivity contribution in [2.24, 2.45) is 0 Å². The quantitative estimate of drug-likeness (QED) is 0.520. The highest BCUT2D eigenvalue weighted by Gasteiger charge is 2.17. The predicted molar refractivity (Wildman–Crippen MR) is 105 cm³/mol. The van der Waals surface area contributed by atoms with E-state index in [-0.39, 0.29) is 11.9 Å². The Morgan fingerprint density at radius 2 is 1.96 bits per heavy atom. The highest BCUT2D eigenvalue weighted by molar-refractivity contribution is 9.10. The normalized spacial score (nSPS) is 10.8. The molecule has 0 aliphatic rings. The fourth-order valence-electron chi connectivity index (χ4n) is 2.59. The van der Waals surface area contributed by atoms with Gasteiger partial charge in [-0.2, -0.15) is 4.98 Å². The highest BCUT2D eigenvalue weighted by Crippen LogP contribution is 2.32. The first-order valence-electron chi connectivity index (χ1n) is 7.71. The third-order valence-corrected chi connectivity index (χ3v) is 5.32. The number of benzene rings is 2. The molecule has 0 spiro atoms. The number of para-hydroxylation sites is 1. The van der Waals surface area contributed by atoms with Crippen molar-refractivity contribution >= 4 is 44.1 Å². The molecule has 0 saturated carbocycles. The fraction of sp³-hybridized carbons (Fsp3) is 0.0556. The van der Waals surface area contributed by atoms with Gasteiger partial charge >= 0.3 is 0 Å². The van der Waals surface area contributed by atoms with Gasteiger partial charge in [-0.25, -0.2) is 4.52 Å². The van der Waals surface area contributed by atoms with Crippen LogP contribution in [0.2, 0.25) is 0 Å². The summed E-state index contributed by atoms with van der Waals surface area (Å²) in [5.74, 6) is 0.741. The lowest BCUT2D eigenvalue weighted by Crippen LogP contribution is -2.13. The Hall–Kier alpha value is -2.71. The number of carbonyl (C=O) groups excluding carboxylic acids is 1. The van der Waals surface area contributed by atoms with Crippen LogP contribution in [0, 0.1) is 0 Å². The van der Waals surface area contributed by atoms with Gasteiger partial charge in [-0.05, 0) is 40.2 Å². The number of methoxy groups -OCH3 is 1. The standard InChI is InChI=1S/C18H13BrN4O2S/c1-25-15-9-5-3-7-12(15)14-10-26-18-21-17(22-23(14)18)20-16(24)11-6-2-4-8-13(11)19/h2-10H,1H3,(H,20,22,24). The number of thiazole rings is 1. The lowest BCUT2D eigenvalue weighted by atomic mass is 10.1. The number of halogens is 1. The van der Waals surface area contributed by atoms with E-state index in [1.807, 2.05) is 41.8 Å². The van der Waals surface area contributed by atoms with E-state index < -0.39 is 0 Å². The molecule has 2 aromatic carbocycles. The van der Waals surface area contributed by atoms with Crippen molar-refractivity contribution in [1.82, 2.24) is 14.6 Å². The van der Waals surface area contributed by atoms with E-state index in [4.69, 9.17) is 4.74 Å². The van der Waals surface area contributed by atoms with Crippen LogP contribution < -0.4 is 10.1 Å². The summed E-state index contributed by atoms with van der Waals surface area (Å²) in [6.45, 7) is 0. The van der Waals surface area contributed by atoms with Gasteiger partial charge in [0.15, 0.2) is 0 Å². The lowest BCUT2D eigenvalue weighted by molar-refractivity contribution is 0.102. The molecule has 0 aliphatic heterocycles. The van der Waals surface area contributed by atoms with E-state index in [2.05, 4.69) is 31.3 Å². The minimum atomic E-state index is -0.269. The Morgan fingerprint density at radius 3 is 2.77 bits per heavy atom. The van der Waals surface area contributed by atoms with Gasteiger partial charge in [-0.3, -0.25) is 10.1 Å². The maximum Gasteiger partial charge on any atom is 0.259 e. The molecule has 4 aromatic rings. The van der Waals surface area contributed by atoms with E-state index in [1.54, 1.807) is 23.8 Å². The van der Waals surface area contributed by atoms with Crippen LogP contribution in [-0.2, 0) is 0 Å². The average Bonchev–Trinajstić information content (AvgIpc) is 3.22. The number of carbonyl (C=O) groups is 1. The largest absolute Gasteiger partial charge is 0.496 e. The van der Waals surface area contributed by atoms with Gasteiger partial charge in [0.2, 0.25) is 4.96 Å². The number of amides is 1.